The first kappa shape index (κ1) is 13.5. The zero-order valence-corrected chi connectivity index (χ0v) is 12.3. The lowest BCUT2D eigenvalue weighted by Gasteiger charge is -2.27. The van der Waals surface area contributed by atoms with Crippen molar-refractivity contribution in [2.45, 2.75) is 18.9 Å². The van der Waals surface area contributed by atoms with Crippen molar-refractivity contribution in [2.24, 2.45) is 0 Å². The van der Waals surface area contributed by atoms with Gasteiger partial charge in [0, 0.05) is 17.8 Å². The normalized spacial score (nSPS) is 16.4. The van der Waals surface area contributed by atoms with Gasteiger partial charge in [-0.15, -0.1) is 0 Å². The first-order valence-corrected chi connectivity index (χ1v) is 7.45. The average Bonchev–Trinajstić information content (AvgIpc) is 2.90. The number of benzene rings is 1. The SMILES string of the molecule is O=CCC1Cc2ccc(Cl)nc2-c2cc3c(F)cccc3n21. The second-order valence-corrected chi connectivity index (χ2v) is 5.86. The monoisotopic (exact) mass is 314 g/mol. The molecule has 0 aliphatic carbocycles. The molecule has 1 aromatic carbocycles. The Morgan fingerprint density at radius 3 is 3.05 bits per heavy atom. The first-order chi connectivity index (χ1) is 10.7. The number of halogens is 2. The van der Waals surface area contributed by atoms with Crippen LogP contribution in [0.5, 0.6) is 0 Å². The summed E-state index contributed by atoms with van der Waals surface area (Å²) in [6.07, 6.45) is 1.98. The summed E-state index contributed by atoms with van der Waals surface area (Å²) in [6, 6.07) is 10.4. The Labute approximate surface area is 131 Å². The van der Waals surface area contributed by atoms with E-state index >= 15 is 0 Å². The molecule has 3 aromatic rings. The summed E-state index contributed by atoms with van der Waals surface area (Å²) >= 11 is 6.02. The topological polar surface area (TPSA) is 34.9 Å². The maximum atomic E-state index is 14.1. The van der Waals surface area contributed by atoms with Gasteiger partial charge in [0.25, 0.3) is 0 Å². The van der Waals surface area contributed by atoms with Crippen LogP contribution in [0.2, 0.25) is 5.15 Å². The minimum absolute atomic E-state index is 0.0257. The van der Waals surface area contributed by atoms with Gasteiger partial charge in [0.2, 0.25) is 0 Å². The van der Waals surface area contributed by atoms with E-state index in [4.69, 9.17) is 11.6 Å². The standard InChI is InChI=1S/C17H12ClFN2O/c18-16-5-4-10-8-11(6-7-22)21-14-3-1-2-13(19)12(14)9-15(21)17(10)20-16/h1-5,7,9,11H,6,8H2. The fourth-order valence-electron chi connectivity index (χ4n) is 3.29. The van der Waals surface area contributed by atoms with Gasteiger partial charge < -0.3 is 9.36 Å². The summed E-state index contributed by atoms with van der Waals surface area (Å²) in [5, 5.41) is 0.952. The van der Waals surface area contributed by atoms with E-state index in [0.29, 0.717) is 23.4 Å². The first-order valence-electron chi connectivity index (χ1n) is 7.08. The van der Waals surface area contributed by atoms with Crippen molar-refractivity contribution in [3.05, 3.63) is 52.9 Å². The summed E-state index contributed by atoms with van der Waals surface area (Å²) < 4.78 is 16.1. The Morgan fingerprint density at radius 1 is 1.36 bits per heavy atom. The van der Waals surface area contributed by atoms with E-state index in [9.17, 15) is 9.18 Å². The third-order valence-electron chi connectivity index (χ3n) is 4.21. The molecule has 5 heteroatoms. The molecule has 22 heavy (non-hydrogen) atoms. The van der Waals surface area contributed by atoms with Crippen molar-refractivity contribution < 1.29 is 9.18 Å². The number of hydrogen-bond donors (Lipinski definition) is 0. The molecule has 0 N–H and O–H groups in total. The number of aromatic nitrogens is 2. The summed E-state index contributed by atoms with van der Waals surface area (Å²) in [7, 11) is 0. The van der Waals surface area contributed by atoms with E-state index in [1.54, 1.807) is 18.2 Å². The molecule has 0 radical (unpaired) electrons. The van der Waals surface area contributed by atoms with Gasteiger partial charge >= 0.3 is 0 Å². The van der Waals surface area contributed by atoms with Crippen molar-refractivity contribution in [1.29, 1.82) is 0 Å². The quantitative estimate of drug-likeness (QED) is 0.525. The number of aldehydes is 1. The van der Waals surface area contributed by atoms with Crippen LogP contribution in [0, 0.1) is 5.82 Å². The highest BCUT2D eigenvalue weighted by atomic mass is 35.5. The second-order valence-electron chi connectivity index (χ2n) is 5.47. The molecule has 0 saturated heterocycles. The zero-order valence-electron chi connectivity index (χ0n) is 11.6. The number of pyridine rings is 1. The van der Waals surface area contributed by atoms with Crippen LogP contribution in [0.25, 0.3) is 22.3 Å². The summed E-state index contributed by atoms with van der Waals surface area (Å²) in [5.41, 5.74) is 3.40. The number of fused-ring (bicyclic) bond motifs is 5. The van der Waals surface area contributed by atoms with Gasteiger partial charge in [-0.3, -0.25) is 0 Å². The molecule has 0 saturated carbocycles. The molecule has 1 aliphatic rings. The average molecular weight is 315 g/mol. The van der Waals surface area contributed by atoms with Crippen LogP contribution in [-0.4, -0.2) is 15.8 Å². The predicted molar refractivity (Wildman–Crippen MR) is 83.6 cm³/mol. The third-order valence-corrected chi connectivity index (χ3v) is 4.42. The molecule has 0 spiro atoms. The van der Waals surface area contributed by atoms with Gasteiger partial charge in [-0.2, -0.15) is 0 Å². The Bertz CT molecular complexity index is 903. The molecule has 1 unspecified atom stereocenters. The predicted octanol–water partition coefficient (Wildman–Crippen LogP) is 4.18. The van der Waals surface area contributed by atoms with Crippen molar-refractivity contribution in [3.8, 4) is 11.4 Å². The van der Waals surface area contributed by atoms with Crippen LogP contribution in [0.3, 0.4) is 0 Å². The van der Waals surface area contributed by atoms with E-state index < -0.39 is 0 Å². The third kappa shape index (κ3) is 1.87. The fraction of sp³-hybridized carbons (Fsp3) is 0.176. The Balaban J connectivity index is 2.07. The summed E-state index contributed by atoms with van der Waals surface area (Å²) in [6.45, 7) is 0. The van der Waals surface area contributed by atoms with Crippen molar-refractivity contribution in [1.82, 2.24) is 9.55 Å². The Morgan fingerprint density at radius 2 is 2.23 bits per heavy atom. The van der Waals surface area contributed by atoms with Crippen LogP contribution < -0.4 is 0 Å². The smallest absolute Gasteiger partial charge is 0.132 e. The van der Waals surface area contributed by atoms with E-state index in [-0.39, 0.29) is 11.9 Å². The van der Waals surface area contributed by atoms with Gasteiger partial charge in [0.05, 0.1) is 16.9 Å². The van der Waals surface area contributed by atoms with Crippen LogP contribution in [0.1, 0.15) is 18.0 Å². The highest BCUT2D eigenvalue weighted by Crippen LogP contribution is 2.40. The molecule has 0 fully saturated rings. The molecule has 1 aliphatic heterocycles. The number of rotatable bonds is 2. The molecular formula is C17H12ClFN2O. The fourth-order valence-corrected chi connectivity index (χ4v) is 3.43. The summed E-state index contributed by atoms with van der Waals surface area (Å²) in [4.78, 5) is 15.5. The lowest BCUT2D eigenvalue weighted by Crippen LogP contribution is -2.19. The van der Waals surface area contributed by atoms with Gasteiger partial charge in [-0.1, -0.05) is 23.7 Å². The van der Waals surface area contributed by atoms with Crippen LogP contribution in [0.4, 0.5) is 4.39 Å². The summed E-state index contributed by atoms with van der Waals surface area (Å²) in [5.74, 6) is -0.271. The van der Waals surface area contributed by atoms with E-state index in [0.717, 1.165) is 28.8 Å². The number of hydrogen-bond acceptors (Lipinski definition) is 2. The zero-order chi connectivity index (χ0) is 15.3. The molecule has 110 valence electrons. The highest BCUT2D eigenvalue weighted by molar-refractivity contribution is 6.29. The van der Waals surface area contributed by atoms with Crippen LogP contribution in [0.15, 0.2) is 36.4 Å². The molecule has 1 atom stereocenters. The van der Waals surface area contributed by atoms with Crippen molar-refractivity contribution in [2.75, 3.05) is 0 Å². The molecule has 4 rings (SSSR count). The Hall–Kier alpha value is -2.20. The molecule has 3 heterocycles. The maximum absolute atomic E-state index is 14.1. The lowest BCUT2D eigenvalue weighted by atomic mass is 9.96. The lowest BCUT2D eigenvalue weighted by molar-refractivity contribution is -0.108. The molecule has 2 aromatic heterocycles. The number of carbonyl (C=O) groups is 1. The molecule has 0 bridgehead atoms. The largest absolute Gasteiger partial charge is 0.335 e. The molecule has 3 nitrogen and oxygen atoms in total. The van der Waals surface area contributed by atoms with Gasteiger partial charge in [0.15, 0.2) is 0 Å². The van der Waals surface area contributed by atoms with Gasteiger partial charge in [-0.25, -0.2) is 9.37 Å². The van der Waals surface area contributed by atoms with E-state index in [2.05, 4.69) is 4.98 Å². The van der Waals surface area contributed by atoms with Crippen LogP contribution >= 0.6 is 11.6 Å². The number of nitrogens with zero attached hydrogens (tertiary/aromatic N) is 2. The van der Waals surface area contributed by atoms with E-state index in [1.165, 1.54) is 6.07 Å². The van der Waals surface area contributed by atoms with E-state index in [1.807, 2.05) is 16.7 Å². The van der Waals surface area contributed by atoms with Gasteiger partial charge in [0.1, 0.15) is 17.3 Å². The van der Waals surface area contributed by atoms with Gasteiger partial charge in [-0.05, 0) is 36.2 Å². The van der Waals surface area contributed by atoms with Crippen molar-refractivity contribution in [3.63, 3.8) is 0 Å². The molecule has 0 amide bonds. The molecular weight excluding hydrogens is 303 g/mol. The highest BCUT2D eigenvalue weighted by Gasteiger charge is 2.28. The Kier molecular flexibility index (Phi) is 3.01. The second kappa shape index (κ2) is 4.92. The van der Waals surface area contributed by atoms with Crippen LogP contribution in [-0.2, 0) is 11.2 Å². The minimum atomic E-state index is -0.271. The minimum Gasteiger partial charge on any atom is -0.335 e. The van der Waals surface area contributed by atoms with Crippen molar-refractivity contribution >= 4 is 28.8 Å². The number of carbonyl (C=O) groups excluding carboxylic acids is 1. The maximum Gasteiger partial charge on any atom is 0.132 e.